The average Bonchev–Trinajstić information content (AvgIpc) is 3.23. The molecule has 0 saturated heterocycles. The van der Waals surface area contributed by atoms with Gasteiger partial charge in [0.25, 0.3) is 5.91 Å². The van der Waals surface area contributed by atoms with Crippen LogP contribution in [0.3, 0.4) is 0 Å². The molecule has 168 valence electrons. The number of amides is 3. The van der Waals surface area contributed by atoms with Crippen molar-refractivity contribution in [2.24, 2.45) is 0 Å². The number of carbonyl (C=O) groups is 3. The van der Waals surface area contributed by atoms with E-state index in [1.807, 2.05) is 42.5 Å². The van der Waals surface area contributed by atoms with Crippen LogP contribution in [0.15, 0.2) is 47.8 Å². The Hall–Kier alpha value is -3.30. The molecule has 3 rings (SSSR count). The summed E-state index contributed by atoms with van der Waals surface area (Å²) in [5, 5.41) is 12.6. The van der Waals surface area contributed by atoms with Crippen molar-refractivity contribution < 1.29 is 19.1 Å². The van der Waals surface area contributed by atoms with Crippen LogP contribution >= 0.6 is 11.3 Å². The zero-order valence-corrected chi connectivity index (χ0v) is 19.0. The smallest absolute Gasteiger partial charge is 0.271 e. The van der Waals surface area contributed by atoms with E-state index in [1.54, 1.807) is 19.2 Å². The number of methoxy groups -OCH3 is 1. The summed E-state index contributed by atoms with van der Waals surface area (Å²) in [6.45, 7) is 3.68. The molecule has 0 aliphatic rings. The lowest BCUT2D eigenvalue weighted by molar-refractivity contribution is -0.130. The fourth-order valence-corrected chi connectivity index (χ4v) is 3.80. The molecule has 32 heavy (non-hydrogen) atoms. The quantitative estimate of drug-likeness (QED) is 0.459. The number of nitrogens with one attached hydrogen (secondary N) is 3. The lowest BCUT2D eigenvalue weighted by Crippen LogP contribution is -2.54. The number of fused-ring (bicyclic) bond motifs is 1. The Bertz CT molecular complexity index is 1110. The fourth-order valence-electron chi connectivity index (χ4n) is 3.21. The maximum absolute atomic E-state index is 12.7. The van der Waals surface area contributed by atoms with E-state index in [0.717, 1.165) is 21.3 Å². The standard InChI is InChI=1S/C23H26N4O4S/c1-14(21(28)24-11-17-9-6-8-16-7-4-5-10-18(16)17)25-22(29)19(12-31-3)27-23(30)20-13-32-15(2)26-20/h4-10,13-14,19H,11-12H2,1-3H3,(H,24,28)(H,25,29)(H,27,30)/t14-,19-/m0/s1. The van der Waals surface area contributed by atoms with Crippen molar-refractivity contribution in [3.63, 3.8) is 0 Å². The fraction of sp³-hybridized carbons (Fsp3) is 0.304. The monoisotopic (exact) mass is 454 g/mol. The number of hydrogen-bond donors (Lipinski definition) is 3. The van der Waals surface area contributed by atoms with Crippen molar-refractivity contribution in [1.82, 2.24) is 20.9 Å². The second-order valence-corrected chi connectivity index (χ2v) is 8.38. The zero-order valence-electron chi connectivity index (χ0n) is 18.2. The number of benzene rings is 2. The third kappa shape index (κ3) is 5.89. The lowest BCUT2D eigenvalue weighted by Gasteiger charge is -2.20. The molecule has 0 bridgehead atoms. The van der Waals surface area contributed by atoms with E-state index in [4.69, 9.17) is 4.74 Å². The van der Waals surface area contributed by atoms with E-state index in [1.165, 1.54) is 18.4 Å². The Balaban J connectivity index is 1.57. The first-order valence-electron chi connectivity index (χ1n) is 10.2. The number of carbonyl (C=O) groups excluding carboxylic acids is 3. The summed E-state index contributed by atoms with van der Waals surface area (Å²) >= 11 is 1.34. The van der Waals surface area contributed by atoms with E-state index in [9.17, 15) is 14.4 Å². The van der Waals surface area contributed by atoms with Gasteiger partial charge < -0.3 is 20.7 Å². The minimum atomic E-state index is -0.956. The van der Waals surface area contributed by atoms with Crippen LogP contribution in [0.25, 0.3) is 10.8 Å². The highest BCUT2D eigenvalue weighted by atomic mass is 32.1. The van der Waals surface area contributed by atoms with Crippen molar-refractivity contribution in [3.8, 4) is 0 Å². The van der Waals surface area contributed by atoms with Gasteiger partial charge in [-0.15, -0.1) is 11.3 Å². The van der Waals surface area contributed by atoms with Crippen LogP contribution in [0.5, 0.6) is 0 Å². The number of rotatable bonds is 9. The molecule has 2 atom stereocenters. The van der Waals surface area contributed by atoms with Gasteiger partial charge in [-0.3, -0.25) is 14.4 Å². The lowest BCUT2D eigenvalue weighted by atomic mass is 10.0. The number of aromatic nitrogens is 1. The van der Waals surface area contributed by atoms with E-state index in [2.05, 4.69) is 20.9 Å². The molecule has 0 fully saturated rings. The number of nitrogens with zero attached hydrogens (tertiary/aromatic N) is 1. The Morgan fingerprint density at radius 3 is 2.53 bits per heavy atom. The summed E-state index contributed by atoms with van der Waals surface area (Å²) < 4.78 is 5.06. The Morgan fingerprint density at radius 1 is 1.06 bits per heavy atom. The molecular weight excluding hydrogens is 428 g/mol. The predicted molar refractivity (Wildman–Crippen MR) is 123 cm³/mol. The van der Waals surface area contributed by atoms with E-state index in [-0.39, 0.29) is 18.2 Å². The summed E-state index contributed by atoms with van der Waals surface area (Å²) in [6.07, 6.45) is 0. The summed E-state index contributed by atoms with van der Waals surface area (Å²) in [5.41, 5.74) is 1.22. The second kappa shape index (κ2) is 10.8. The first kappa shape index (κ1) is 23.4. The molecule has 9 heteroatoms. The third-order valence-corrected chi connectivity index (χ3v) is 5.67. The predicted octanol–water partition coefficient (Wildman–Crippen LogP) is 2.17. The maximum Gasteiger partial charge on any atom is 0.271 e. The number of hydrogen-bond acceptors (Lipinski definition) is 6. The highest BCUT2D eigenvalue weighted by molar-refractivity contribution is 7.09. The average molecular weight is 455 g/mol. The molecular formula is C23H26N4O4S. The first-order chi connectivity index (χ1) is 15.4. The van der Waals surface area contributed by atoms with Crippen LogP contribution in [-0.2, 0) is 20.9 Å². The molecule has 3 aromatic rings. The van der Waals surface area contributed by atoms with Gasteiger partial charge in [0, 0.05) is 19.0 Å². The van der Waals surface area contributed by atoms with Crippen molar-refractivity contribution in [2.45, 2.75) is 32.5 Å². The van der Waals surface area contributed by atoms with Gasteiger partial charge in [0.15, 0.2) is 0 Å². The van der Waals surface area contributed by atoms with E-state index in [0.29, 0.717) is 6.54 Å². The highest BCUT2D eigenvalue weighted by Crippen LogP contribution is 2.18. The molecule has 2 aromatic carbocycles. The van der Waals surface area contributed by atoms with E-state index < -0.39 is 23.9 Å². The Morgan fingerprint density at radius 2 is 1.81 bits per heavy atom. The van der Waals surface area contributed by atoms with Gasteiger partial charge in [0.1, 0.15) is 17.8 Å². The molecule has 0 radical (unpaired) electrons. The molecule has 3 amide bonds. The molecule has 8 nitrogen and oxygen atoms in total. The zero-order chi connectivity index (χ0) is 23.1. The Labute approximate surface area is 190 Å². The van der Waals surface area contributed by atoms with Gasteiger partial charge in [-0.25, -0.2) is 4.98 Å². The summed E-state index contributed by atoms with van der Waals surface area (Å²) in [5.74, 6) is -1.32. The van der Waals surface area contributed by atoms with E-state index >= 15 is 0 Å². The van der Waals surface area contributed by atoms with Crippen molar-refractivity contribution in [2.75, 3.05) is 13.7 Å². The van der Waals surface area contributed by atoms with Crippen LogP contribution in [0.4, 0.5) is 0 Å². The van der Waals surface area contributed by atoms with Crippen LogP contribution < -0.4 is 16.0 Å². The molecule has 1 aromatic heterocycles. The summed E-state index contributed by atoms with van der Waals surface area (Å²) in [4.78, 5) is 41.7. The largest absolute Gasteiger partial charge is 0.382 e. The van der Waals surface area contributed by atoms with Gasteiger partial charge in [0.2, 0.25) is 11.8 Å². The molecule has 3 N–H and O–H groups in total. The number of aryl methyl sites for hydroxylation is 1. The molecule has 0 spiro atoms. The summed E-state index contributed by atoms with van der Waals surface area (Å²) in [6, 6.07) is 12.1. The van der Waals surface area contributed by atoms with Crippen molar-refractivity contribution in [3.05, 3.63) is 64.1 Å². The minimum absolute atomic E-state index is 0.0367. The second-order valence-electron chi connectivity index (χ2n) is 7.32. The molecule has 0 aliphatic heterocycles. The van der Waals surface area contributed by atoms with Gasteiger partial charge in [-0.1, -0.05) is 42.5 Å². The number of ether oxygens (including phenoxy) is 1. The minimum Gasteiger partial charge on any atom is -0.382 e. The van der Waals surface area contributed by atoms with Gasteiger partial charge in [-0.05, 0) is 30.2 Å². The normalized spacial score (nSPS) is 12.7. The van der Waals surface area contributed by atoms with Crippen molar-refractivity contribution >= 4 is 39.8 Å². The molecule has 0 unspecified atom stereocenters. The van der Waals surface area contributed by atoms with Crippen LogP contribution in [0.2, 0.25) is 0 Å². The first-order valence-corrected chi connectivity index (χ1v) is 11.0. The highest BCUT2D eigenvalue weighted by Gasteiger charge is 2.25. The topological polar surface area (TPSA) is 109 Å². The Kier molecular flexibility index (Phi) is 7.91. The molecule has 0 aliphatic carbocycles. The van der Waals surface area contributed by atoms with Gasteiger partial charge >= 0.3 is 0 Å². The van der Waals surface area contributed by atoms with Crippen LogP contribution in [-0.4, -0.2) is 48.5 Å². The molecule has 0 saturated carbocycles. The SMILES string of the molecule is COC[C@H](NC(=O)c1csc(C)n1)C(=O)N[C@@H](C)C(=O)NCc1cccc2ccccc12. The third-order valence-electron chi connectivity index (χ3n) is 4.89. The van der Waals surface area contributed by atoms with Crippen molar-refractivity contribution in [1.29, 1.82) is 0 Å². The molecule has 1 heterocycles. The number of thiazole rings is 1. The van der Waals surface area contributed by atoms with Gasteiger partial charge in [-0.2, -0.15) is 0 Å². The summed E-state index contributed by atoms with van der Waals surface area (Å²) in [7, 11) is 1.43. The maximum atomic E-state index is 12.7. The van der Waals surface area contributed by atoms with Gasteiger partial charge in [0.05, 0.1) is 11.6 Å². The van der Waals surface area contributed by atoms with Crippen LogP contribution in [0.1, 0.15) is 28.0 Å². The van der Waals surface area contributed by atoms with Crippen LogP contribution in [0, 0.1) is 6.92 Å².